The van der Waals surface area contributed by atoms with Crippen molar-refractivity contribution in [3.8, 4) is 0 Å². The fraction of sp³-hybridized carbons (Fsp3) is 0.900. The van der Waals surface area contributed by atoms with Gasteiger partial charge < -0.3 is 9.80 Å². The van der Waals surface area contributed by atoms with Gasteiger partial charge in [0.1, 0.15) is 5.78 Å². The number of carbonyl (C=O) groups is 4. The Bertz CT molecular complexity index is 774. The Morgan fingerprint density at radius 2 is 1.09 bits per heavy atom. The molecule has 1 aliphatic carbocycles. The molecular weight excluding hydrogens is 586 g/mol. The van der Waals surface area contributed by atoms with E-state index in [-0.39, 0.29) is 17.7 Å². The maximum absolute atomic E-state index is 11.3. The van der Waals surface area contributed by atoms with Crippen molar-refractivity contribution in [3.05, 3.63) is 0 Å². The average Bonchev–Trinajstić information content (AvgIpc) is 3.38. The van der Waals surface area contributed by atoms with Gasteiger partial charge in [0.15, 0.2) is 0 Å². The zero-order chi connectivity index (χ0) is 36.4. The minimum absolute atomic E-state index is 0.00986. The lowest BCUT2D eigenvalue weighted by molar-refractivity contribution is -0.139. The number of rotatable bonds is 6. The molecule has 1 saturated carbocycles. The summed E-state index contributed by atoms with van der Waals surface area (Å²) in [6, 6.07) is 0. The molecule has 3 amide bonds. The van der Waals surface area contributed by atoms with Crippen LogP contribution in [0.4, 0.5) is 0 Å². The van der Waals surface area contributed by atoms with Crippen LogP contribution in [-0.4, -0.2) is 77.5 Å². The fourth-order valence-electron chi connectivity index (χ4n) is 6.13. The summed E-state index contributed by atoms with van der Waals surface area (Å²) in [5.41, 5.74) is 0. The van der Waals surface area contributed by atoms with E-state index >= 15 is 0 Å². The topological polar surface area (TPSA) is 78.0 Å². The monoisotopic (exact) mass is 666 g/mol. The third-order valence-corrected chi connectivity index (χ3v) is 9.73. The molecule has 4 aliphatic rings. The highest BCUT2D eigenvalue weighted by molar-refractivity contribution is 6.03. The van der Waals surface area contributed by atoms with Crippen molar-refractivity contribution in [2.45, 2.75) is 167 Å². The second kappa shape index (κ2) is 29.2. The van der Waals surface area contributed by atoms with Gasteiger partial charge in [-0.2, -0.15) is 0 Å². The zero-order valence-corrected chi connectivity index (χ0v) is 33.3. The van der Waals surface area contributed by atoms with E-state index in [4.69, 9.17) is 0 Å². The number of nitrogens with zero attached hydrogens (tertiary/aromatic N) is 3. The van der Waals surface area contributed by atoms with Gasteiger partial charge in [-0.15, -0.1) is 0 Å². The molecule has 278 valence electrons. The molecule has 0 N–H and O–H groups in total. The number of carbonyl (C=O) groups excluding carboxylic acids is 4. The van der Waals surface area contributed by atoms with E-state index in [0.29, 0.717) is 37.0 Å². The van der Waals surface area contributed by atoms with Crippen molar-refractivity contribution in [2.24, 2.45) is 29.6 Å². The highest BCUT2D eigenvalue weighted by atomic mass is 16.2. The van der Waals surface area contributed by atoms with Crippen LogP contribution in [0.15, 0.2) is 0 Å². The fourth-order valence-corrected chi connectivity index (χ4v) is 6.13. The Balaban J connectivity index is 0. The van der Waals surface area contributed by atoms with Gasteiger partial charge in [-0.3, -0.25) is 24.1 Å². The third-order valence-electron chi connectivity index (χ3n) is 9.73. The molecule has 4 rings (SSSR count). The lowest BCUT2D eigenvalue weighted by Gasteiger charge is -2.29. The normalized spacial score (nSPS) is 23.3. The molecule has 0 spiro atoms. The highest BCUT2D eigenvalue weighted by Crippen LogP contribution is 2.29. The van der Waals surface area contributed by atoms with E-state index < -0.39 is 0 Å². The summed E-state index contributed by atoms with van der Waals surface area (Å²) in [4.78, 5) is 50.7. The number of ketones is 1. The minimum Gasteiger partial charge on any atom is -0.343 e. The summed E-state index contributed by atoms with van der Waals surface area (Å²) < 4.78 is 0. The average molecular weight is 666 g/mol. The largest absolute Gasteiger partial charge is 0.343 e. The smallest absolute Gasteiger partial charge is 0.232 e. The quantitative estimate of drug-likeness (QED) is 0.264. The van der Waals surface area contributed by atoms with Gasteiger partial charge in [0.05, 0.1) is 0 Å². The van der Waals surface area contributed by atoms with Crippen molar-refractivity contribution in [3.63, 3.8) is 0 Å². The van der Waals surface area contributed by atoms with Crippen LogP contribution < -0.4 is 0 Å². The first kappa shape index (κ1) is 47.4. The number of hydrogen-bond acceptors (Lipinski definition) is 5. The molecule has 7 nitrogen and oxygen atoms in total. The van der Waals surface area contributed by atoms with Crippen LogP contribution in [0, 0.1) is 29.6 Å². The van der Waals surface area contributed by atoms with Crippen LogP contribution in [0.3, 0.4) is 0 Å². The van der Waals surface area contributed by atoms with Gasteiger partial charge in [0.2, 0.25) is 17.7 Å². The Labute approximate surface area is 292 Å². The molecule has 0 aromatic rings. The van der Waals surface area contributed by atoms with Crippen molar-refractivity contribution >= 4 is 23.5 Å². The molecule has 3 heterocycles. The number of Topliss-reactive ketones (excluding diaryl/α,β-unsaturated/α-hetero) is 1. The first-order valence-corrected chi connectivity index (χ1v) is 19.8. The predicted molar refractivity (Wildman–Crippen MR) is 200 cm³/mol. The summed E-state index contributed by atoms with van der Waals surface area (Å²) in [5.74, 6) is 3.83. The molecular formula is C40H79N3O4. The molecule has 0 aromatic heterocycles. The Morgan fingerprint density at radius 1 is 0.638 bits per heavy atom. The maximum atomic E-state index is 11.3. The first-order valence-electron chi connectivity index (χ1n) is 19.8. The molecule has 47 heavy (non-hydrogen) atoms. The maximum Gasteiger partial charge on any atom is 0.232 e. The molecule has 0 bridgehead atoms. The van der Waals surface area contributed by atoms with Crippen molar-refractivity contribution in [2.75, 3.05) is 39.3 Å². The van der Waals surface area contributed by atoms with E-state index in [2.05, 4.69) is 46.4 Å². The lowest BCUT2D eigenvalue weighted by Crippen LogP contribution is -2.37. The summed E-state index contributed by atoms with van der Waals surface area (Å²) in [6.07, 6.45) is 13.9. The summed E-state index contributed by atoms with van der Waals surface area (Å²) in [7, 11) is 0. The molecule has 3 aliphatic heterocycles. The lowest BCUT2D eigenvalue weighted by atomic mass is 9.80. The Morgan fingerprint density at radius 3 is 1.43 bits per heavy atom. The minimum atomic E-state index is -0.0394. The van der Waals surface area contributed by atoms with E-state index in [0.717, 1.165) is 56.5 Å². The predicted octanol–water partition coefficient (Wildman–Crippen LogP) is 9.42. The number of imide groups is 1. The molecule has 1 atom stereocenters. The van der Waals surface area contributed by atoms with Crippen LogP contribution in [0.25, 0.3) is 0 Å². The van der Waals surface area contributed by atoms with Crippen molar-refractivity contribution in [1.29, 1.82) is 0 Å². The van der Waals surface area contributed by atoms with Crippen LogP contribution in [0.1, 0.15) is 167 Å². The number of hydrogen-bond donors (Lipinski definition) is 0. The third kappa shape index (κ3) is 20.4. The summed E-state index contributed by atoms with van der Waals surface area (Å²) in [5, 5.41) is 0. The van der Waals surface area contributed by atoms with Crippen LogP contribution >= 0.6 is 0 Å². The van der Waals surface area contributed by atoms with Crippen LogP contribution in [-0.2, 0) is 19.2 Å². The number of amides is 3. The van der Waals surface area contributed by atoms with Crippen LogP contribution in [0.5, 0.6) is 0 Å². The van der Waals surface area contributed by atoms with Gasteiger partial charge in [0.25, 0.3) is 0 Å². The zero-order valence-electron chi connectivity index (χ0n) is 33.3. The Hall–Kier alpha value is -1.76. The second-order valence-corrected chi connectivity index (χ2v) is 13.8. The molecule has 0 aromatic carbocycles. The van der Waals surface area contributed by atoms with Crippen LogP contribution in [0.2, 0.25) is 0 Å². The van der Waals surface area contributed by atoms with E-state index in [1.807, 2.05) is 46.4 Å². The van der Waals surface area contributed by atoms with Gasteiger partial charge >= 0.3 is 0 Å². The van der Waals surface area contributed by atoms with Gasteiger partial charge in [-0.05, 0) is 89.3 Å². The van der Waals surface area contributed by atoms with E-state index in [9.17, 15) is 19.2 Å². The molecule has 3 saturated heterocycles. The first-order chi connectivity index (χ1) is 22.4. The van der Waals surface area contributed by atoms with Crippen molar-refractivity contribution < 1.29 is 19.2 Å². The molecule has 4 fully saturated rings. The number of piperidine rings is 2. The van der Waals surface area contributed by atoms with E-state index in [1.165, 1.54) is 69.5 Å². The van der Waals surface area contributed by atoms with E-state index in [1.54, 1.807) is 0 Å². The molecule has 0 radical (unpaired) electrons. The van der Waals surface area contributed by atoms with Gasteiger partial charge in [0, 0.05) is 50.7 Å². The Kier molecular flexibility index (Phi) is 29.4. The van der Waals surface area contributed by atoms with Gasteiger partial charge in [-0.25, -0.2) is 0 Å². The second-order valence-electron chi connectivity index (χ2n) is 13.8. The van der Waals surface area contributed by atoms with Gasteiger partial charge in [-0.1, -0.05) is 95.4 Å². The summed E-state index contributed by atoms with van der Waals surface area (Å²) >= 11 is 0. The highest BCUT2D eigenvalue weighted by Gasteiger charge is 2.35. The standard InChI is InChI=1S/C10H18O.C9H17NO.C8H13NO2.C8H17N.C3H8.C2H6/c1-3-10(11)9-6-4-8(2)5-7-9;1-3-9(11)10-6-4-8(2)5-7-10;1-3-6-5-7(10)9(4-2)8(6)11;1-3-9-6-4-8(2)5-7-9;1-3-2;1-2/h8-9H,3-7H2,1-2H3;8H,3-7H2,1-2H3;6H,3-5H2,1-2H3;8H,3-7H2,1-2H3;3H2,1-2H3;1-2H3. The molecule has 7 heteroatoms. The van der Waals surface area contributed by atoms with Crippen molar-refractivity contribution in [1.82, 2.24) is 14.7 Å². The SMILES string of the molecule is CC.CCC.CCC(=O)C1CCC(C)CC1.CCC(=O)N1CCC(C)CC1.CCC1CC(=O)N(CC)C1=O.CCN1CCC(C)CC1. The molecule has 1 unspecified atom stereocenters. The number of likely N-dealkylation sites (tertiary alicyclic amines) is 3. The summed E-state index contributed by atoms with van der Waals surface area (Å²) in [6.45, 7) is 31.4.